The van der Waals surface area contributed by atoms with Gasteiger partial charge in [-0.15, -0.1) is 0 Å². The molecule has 0 radical (unpaired) electrons. The quantitative estimate of drug-likeness (QED) is 0.638. The SMILES string of the molecule is CC(=O)c1cnn(CN(C)C(c2ccccc2)c2ccccc2)c1C. The van der Waals surface area contributed by atoms with E-state index < -0.39 is 0 Å². The Balaban J connectivity index is 1.93. The van der Waals surface area contributed by atoms with Crippen LogP contribution in [0.1, 0.15) is 40.1 Å². The highest BCUT2D eigenvalue weighted by atomic mass is 16.1. The Morgan fingerprint density at radius 1 is 1.04 bits per heavy atom. The summed E-state index contributed by atoms with van der Waals surface area (Å²) in [5.74, 6) is 0.0501. The molecule has 3 aromatic rings. The van der Waals surface area contributed by atoms with Crippen molar-refractivity contribution < 1.29 is 4.79 Å². The number of hydrogen-bond donors (Lipinski definition) is 0. The van der Waals surface area contributed by atoms with Crippen LogP contribution in [0.4, 0.5) is 0 Å². The third-order valence-electron chi connectivity index (χ3n) is 4.51. The average Bonchev–Trinajstić information content (AvgIpc) is 2.98. The van der Waals surface area contributed by atoms with Crippen LogP contribution >= 0.6 is 0 Å². The number of ketones is 1. The van der Waals surface area contributed by atoms with Gasteiger partial charge in [-0.2, -0.15) is 5.10 Å². The van der Waals surface area contributed by atoms with Crippen molar-refractivity contribution in [1.82, 2.24) is 14.7 Å². The molecule has 0 aliphatic heterocycles. The minimum atomic E-state index is 0.0501. The van der Waals surface area contributed by atoms with Gasteiger partial charge in [0.1, 0.15) is 0 Å². The Morgan fingerprint density at radius 3 is 2.00 bits per heavy atom. The number of carbonyl (C=O) groups is 1. The van der Waals surface area contributed by atoms with Crippen LogP contribution < -0.4 is 0 Å². The number of hydrogen-bond acceptors (Lipinski definition) is 3. The van der Waals surface area contributed by atoms with Crippen molar-refractivity contribution in [2.24, 2.45) is 0 Å². The van der Waals surface area contributed by atoms with Crippen LogP contribution in [0.25, 0.3) is 0 Å². The normalized spacial score (nSPS) is 11.2. The van der Waals surface area contributed by atoms with E-state index in [9.17, 15) is 4.79 Å². The smallest absolute Gasteiger partial charge is 0.163 e. The Morgan fingerprint density at radius 2 is 1.56 bits per heavy atom. The van der Waals surface area contributed by atoms with E-state index in [-0.39, 0.29) is 11.8 Å². The van der Waals surface area contributed by atoms with Crippen molar-refractivity contribution in [3.63, 3.8) is 0 Å². The van der Waals surface area contributed by atoms with Crippen LogP contribution in [-0.2, 0) is 6.67 Å². The molecule has 0 bridgehead atoms. The number of carbonyl (C=O) groups excluding carboxylic acids is 1. The molecule has 25 heavy (non-hydrogen) atoms. The zero-order valence-corrected chi connectivity index (χ0v) is 14.9. The molecule has 0 atom stereocenters. The molecule has 1 aromatic heterocycles. The van der Waals surface area contributed by atoms with E-state index in [0.29, 0.717) is 12.2 Å². The predicted molar refractivity (Wildman–Crippen MR) is 99.5 cm³/mol. The third kappa shape index (κ3) is 3.69. The topological polar surface area (TPSA) is 38.1 Å². The number of nitrogens with zero attached hydrogens (tertiary/aromatic N) is 3. The van der Waals surface area contributed by atoms with Gasteiger partial charge in [0.05, 0.1) is 24.5 Å². The van der Waals surface area contributed by atoms with E-state index in [2.05, 4.69) is 65.6 Å². The number of benzene rings is 2. The molecule has 3 rings (SSSR count). The van der Waals surface area contributed by atoms with Crippen molar-refractivity contribution in [2.75, 3.05) is 7.05 Å². The molecule has 0 amide bonds. The molecule has 0 saturated heterocycles. The van der Waals surface area contributed by atoms with Gasteiger partial charge in [0.15, 0.2) is 5.78 Å². The second-order valence-corrected chi connectivity index (χ2v) is 6.32. The van der Waals surface area contributed by atoms with E-state index in [0.717, 1.165) is 5.69 Å². The zero-order chi connectivity index (χ0) is 17.8. The first-order chi connectivity index (χ1) is 12.1. The van der Waals surface area contributed by atoms with Gasteiger partial charge in [0.2, 0.25) is 0 Å². The standard InChI is InChI=1S/C21H23N3O/c1-16-20(17(2)25)14-22-24(16)15-23(3)21(18-10-6-4-7-11-18)19-12-8-5-9-13-19/h4-14,21H,15H2,1-3H3. The summed E-state index contributed by atoms with van der Waals surface area (Å²) in [6.45, 7) is 4.12. The maximum atomic E-state index is 11.7. The molecule has 4 heteroatoms. The third-order valence-corrected chi connectivity index (χ3v) is 4.51. The monoisotopic (exact) mass is 333 g/mol. The van der Waals surface area contributed by atoms with Crippen molar-refractivity contribution in [2.45, 2.75) is 26.6 Å². The summed E-state index contributed by atoms with van der Waals surface area (Å²) >= 11 is 0. The van der Waals surface area contributed by atoms with Crippen LogP contribution in [0.3, 0.4) is 0 Å². The Hall–Kier alpha value is -2.72. The summed E-state index contributed by atoms with van der Waals surface area (Å²) in [5, 5.41) is 4.40. The first kappa shape index (κ1) is 17.1. The fourth-order valence-electron chi connectivity index (χ4n) is 3.20. The van der Waals surface area contributed by atoms with E-state index in [1.165, 1.54) is 11.1 Å². The van der Waals surface area contributed by atoms with Gasteiger partial charge in [-0.3, -0.25) is 14.4 Å². The van der Waals surface area contributed by atoms with E-state index in [1.807, 2.05) is 23.7 Å². The molecule has 0 N–H and O–H groups in total. The van der Waals surface area contributed by atoms with E-state index >= 15 is 0 Å². The fourth-order valence-corrected chi connectivity index (χ4v) is 3.20. The summed E-state index contributed by atoms with van der Waals surface area (Å²) in [5.41, 5.74) is 4.05. The van der Waals surface area contributed by atoms with Crippen LogP contribution in [0.15, 0.2) is 66.9 Å². The summed E-state index contributed by atoms with van der Waals surface area (Å²) in [6, 6.07) is 21.0. The summed E-state index contributed by atoms with van der Waals surface area (Å²) in [7, 11) is 2.08. The maximum Gasteiger partial charge on any atom is 0.163 e. The highest BCUT2D eigenvalue weighted by molar-refractivity contribution is 5.94. The molecular weight excluding hydrogens is 310 g/mol. The Kier molecular flexibility index (Phi) is 5.10. The van der Waals surface area contributed by atoms with Crippen LogP contribution in [0, 0.1) is 6.92 Å². The molecule has 0 fully saturated rings. The average molecular weight is 333 g/mol. The summed E-state index contributed by atoms with van der Waals surface area (Å²) < 4.78 is 1.88. The van der Waals surface area contributed by atoms with Gasteiger partial charge in [-0.25, -0.2) is 0 Å². The first-order valence-corrected chi connectivity index (χ1v) is 8.41. The molecule has 2 aromatic carbocycles. The van der Waals surface area contributed by atoms with Crippen molar-refractivity contribution in [3.8, 4) is 0 Å². The molecular formula is C21H23N3O. The lowest BCUT2D eigenvalue weighted by molar-refractivity contribution is 0.101. The Bertz CT molecular complexity index is 801. The van der Waals surface area contributed by atoms with Crippen LogP contribution in [0.2, 0.25) is 0 Å². The zero-order valence-electron chi connectivity index (χ0n) is 14.9. The van der Waals surface area contributed by atoms with Crippen LogP contribution in [0.5, 0.6) is 0 Å². The summed E-state index contributed by atoms with van der Waals surface area (Å²) in [6.07, 6.45) is 1.66. The molecule has 0 aliphatic carbocycles. The lowest BCUT2D eigenvalue weighted by atomic mass is 9.98. The fraction of sp³-hybridized carbons (Fsp3) is 0.238. The van der Waals surface area contributed by atoms with Gasteiger partial charge in [0, 0.05) is 5.69 Å². The van der Waals surface area contributed by atoms with E-state index in [4.69, 9.17) is 0 Å². The molecule has 0 saturated carbocycles. The highest BCUT2D eigenvalue weighted by Crippen LogP contribution is 2.28. The van der Waals surface area contributed by atoms with Crippen molar-refractivity contribution in [3.05, 3.63) is 89.2 Å². The van der Waals surface area contributed by atoms with Crippen molar-refractivity contribution in [1.29, 1.82) is 0 Å². The van der Waals surface area contributed by atoms with Crippen molar-refractivity contribution >= 4 is 5.78 Å². The van der Waals surface area contributed by atoms with Gasteiger partial charge in [-0.05, 0) is 32.0 Å². The van der Waals surface area contributed by atoms with Crippen LogP contribution in [-0.4, -0.2) is 27.5 Å². The lowest BCUT2D eigenvalue weighted by Gasteiger charge is -2.29. The number of aromatic nitrogens is 2. The number of rotatable bonds is 6. The predicted octanol–water partition coefficient (Wildman–Crippen LogP) is 4.07. The second kappa shape index (κ2) is 7.45. The highest BCUT2D eigenvalue weighted by Gasteiger charge is 2.20. The molecule has 4 nitrogen and oxygen atoms in total. The van der Waals surface area contributed by atoms with Gasteiger partial charge < -0.3 is 0 Å². The first-order valence-electron chi connectivity index (χ1n) is 8.41. The minimum Gasteiger partial charge on any atom is -0.294 e. The number of Topliss-reactive ketones (excluding diaryl/α,β-unsaturated/α-hetero) is 1. The summed E-state index contributed by atoms with van der Waals surface area (Å²) in [4.78, 5) is 13.9. The largest absolute Gasteiger partial charge is 0.294 e. The lowest BCUT2D eigenvalue weighted by Crippen LogP contribution is -2.29. The molecule has 1 heterocycles. The molecule has 0 spiro atoms. The second-order valence-electron chi connectivity index (χ2n) is 6.32. The Labute approximate surface area is 148 Å². The maximum absolute atomic E-state index is 11.7. The minimum absolute atomic E-state index is 0.0501. The molecule has 0 unspecified atom stereocenters. The van der Waals surface area contributed by atoms with Gasteiger partial charge in [-0.1, -0.05) is 60.7 Å². The molecule has 128 valence electrons. The van der Waals surface area contributed by atoms with E-state index in [1.54, 1.807) is 13.1 Å². The molecule has 0 aliphatic rings. The van der Waals surface area contributed by atoms with Gasteiger partial charge >= 0.3 is 0 Å². The van der Waals surface area contributed by atoms with Gasteiger partial charge in [0.25, 0.3) is 0 Å².